The summed E-state index contributed by atoms with van der Waals surface area (Å²) in [6, 6.07) is 0.403. The fourth-order valence-electron chi connectivity index (χ4n) is 1.84. The lowest BCUT2D eigenvalue weighted by Crippen LogP contribution is -2.21. The Labute approximate surface area is 144 Å². The van der Waals surface area contributed by atoms with E-state index in [0.717, 1.165) is 11.1 Å². The first-order valence-corrected chi connectivity index (χ1v) is 8.04. The van der Waals surface area contributed by atoms with Gasteiger partial charge in [-0.05, 0) is 25.3 Å². The Balaban J connectivity index is 0.000000272. The fourth-order valence-corrected chi connectivity index (χ4v) is 1.84. The molecule has 0 spiro atoms. The van der Waals surface area contributed by atoms with Gasteiger partial charge in [0.2, 0.25) is 5.78 Å². The summed E-state index contributed by atoms with van der Waals surface area (Å²) in [5.41, 5.74) is 2.64. The predicted molar refractivity (Wildman–Crippen MR) is 98.0 cm³/mol. The third-order valence-electron chi connectivity index (χ3n) is 3.74. The Morgan fingerprint density at radius 3 is 2.67 bits per heavy atom. The van der Waals surface area contributed by atoms with E-state index in [1.54, 1.807) is 6.20 Å². The number of dihydropyridines is 1. The molecule has 0 bridgehead atoms. The zero-order valence-corrected chi connectivity index (χ0v) is 14.9. The van der Waals surface area contributed by atoms with Gasteiger partial charge in [-0.1, -0.05) is 31.6 Å². The normalized spacial score (nSPS) is 19.7. The van der Waals surface area contributed by atoms with E-state index < -0.39 is 0 Å². The third kappa shape index (κ3) is 6.04. The highest BCUT2D eigenvalue weighted by molar-refractivity contribution is 5.98. The van der Waals surface area contributed by atoms with Gasteiger partial charge in [-0.15, -0.1) is 0 Å². The van der Waals surface area contributed by atoms with Gasteiger partial charge in [0.1, 0.15) is 5.70 Å². The molecule has 0 fully saturated rings. The lowest BCUT2D eigenvalue weighted by atomic mass is 10.1. The molecule has 0 amide bonds. The number of hydrazone groups is 1. The molecule has 2 aliphatic heterocycles. The second-order valence-electron chi connectivity index (χ2n) is 6.04. The zero-order chi connectivity index (χ0) is 18.1. The maximum atomic E-state index is 11.4. The lowest BCUT2D eigenvalue weighted by Gasteiger charge is -2.15. The molecule has 24 heavy (non-hydrogen) atoms. The number of Topliss-reactive ketones (excluding diaryl/α,β-unsaturated/α-hetero) is 1. The lowest BCUT2D eigenvalue weighted by molar-refractivity contribution is -0.115. The largest absolute Gasteiger partial charge is 0.392 e. The number of aliphatic hydroxyl groups is 1. The fraction of sp³-hybridized carbons (Fsp3) is 0.444. The molecule has 2 heterocycles. The summed E-state index contributed by atoms with van der Waals surface area (Å²) in [4.78, 5) is 11.4. The number of nitrogens with one attached hydrogen (secondary N) is 2. The maximum Gasteiger partial charge on any atom is 0.201 e. The summed E-state index contributed by atoms with van der Waals surface area (Å²) < 4.78 is 0. The van der Waals surface area contributed by atoms with E-state index in [-0.39, 0.29) is 12.4 Å². The van der Waals surface area contributed by atoms with Crippen LogP contribution in [-0.2, 0) is 4.79 Å². The number of carbonyl (C=O) groups excluding carboxylic acids is 1. The first-order valence-electron chi connectivity index (χ1n) is 8.04. The molecule has 6 nitrogen and oxygen atoms in total. The van der Waals surface area contributed by atoms with Gasteiger partial charge in [-0.3, -0.25) is 4.79 Å². The Morgan fingerprint density at radius 2 is 2.25 bits per heavy atom. The maximum absolute atomic E-state index is 11.4. The quantitative estimate of drug-likeness (QED) is 0.529. The van der Waals surface area contributed by atoms with Crippen LogP contribution in [0.25, 0.3) is 0 Å². The minimum Gasteiger partial charge on any atom is -0.392 e. The van der Waals surface area contributed by atoms with Crippen molar-refractivity contribution in [2.24, 2.45) is 11.0 Å². The Bertz CT molecular complexity index is 574. The summed E-state index contributed by atoms with van der Waals surface area (Å²) in [5, 5.41) is 19.9. The molecular weight excluding hydrogens is 304 g/mol. The van der Waals surface area contributed by atoms with Gasteiger partial charge in [-0.25, -0.2) is 5.01 Å². The molecule has 2 aliphatic rings. The van der Waals surface area contributed by atoms with Crippen molar-refractivity contribution >= 4 is 12.5 Å². The van der Waals surface area contributed by atoms with Crippen molar-refractivity contribution in [3.8, 4) is 0 Å². The van der Waals surface area contributed by atoms with E-state index in [2.05, 4.69) is 43.2 Å². The molecule has 0 aliphatic carbocycles. The van der Waals surface area contributed by atoms with Gasteiger partial charge in [0.25, 0.3) is 0 Å². The van der Waals surface area contributed by atoms with Crippen LogP contribution in [0, 0.1) is 5.92 Å². The number of hydrogen-bond donors (Lipinski definition) is 3. The van der Waals surface area contributed by atoms with Gasteiger partial charge in [0.15, 0.2) is 0 Å². The van der Waals surface area contributed by atoms with Crippen molar-refractivity contribution in [2.45, 2.75) is 33.7 Å². The summed E-state index contributed by atoms with van der Waals surface area (Å²) in [6.45, 7) is 12.2. The molecule has 3 N–H and O–H groups in total. The van der Waals surface area contributed by atoms with Crippen molar-refractivity contribution in [3.63, 3.8) is 0 Å². The van der Waals surface area contributed by atoms with Crippen LogP contribution >= 0.6 is 0 Å². The Morgan fingerprint density at radius 1 is 1.54 bits per heavy atom. The van der Waals surface area contributed by atoms with Gasteiger partial charge in [0, 0.05) is 31.4 Å². The zero-order valence-electron chi connectivity index (χ0n) is 14.9. The Hall–Kier alpha value is -2.34. The molecule has 0 saturated heterocycles. The molecule has 6 heteroatoms. The van der Waals surface area contributed by atoms with Crippen molar-refractivity contribution in [2.75, 3.05) is 13.2 Å². The second-order valence-corrected chi connectivity index (χ2v) is 6.04. The van der Waals surface area contributed by atoms with Crippen LogP contribution in [0.3, 0.4) is 0 Å². The molecule has 0 aromatic carbocycles. The van der Waals surface area contributed by atoms with E-state index in [0.29, 0.717) is 24.2 Å². The van der Waals surface area contributed by atoms with Gasteiger partial charge >= 0.3 is 0 Å². The minimum atomic E-state index is 0.0372. The average Bonchev–Trinajstić information content (AvgIpc) is 2.99. The molecule has 0 aromatic heterocycles. The number of carbonyl (C=O) groups is 1. The van der Waals surface area contributed by atoms with Crippen LogP contribution in [0.5, 0.6) is 0 Å². The smallest absolute Gasteiger partial charge is 0.201 e. The first-order chi connectivity index (χ1) is 11.4. The van der Waals surface area contributed by atoms with Crippen LogP contribution in [0.4, 0.5) is 0 Å². The predicted octanol–water partition coefficient (Wildman–Crippen LogP) is 1.89. The van der Waals surface area contributed by atoms with Crippen molar-refractivity contribution in [1.82, 2.24) is 15.6 Å². The highest BCUT2D eigenvalue weighted by Gasteiger charge is 2.19. The molecule has 1 atom stereocenters. The van der Waals surface area contributed by atoms with Crippen molar-refractivity contribution in [1.29, 1.82) is 0 Å². The van der Waals surface area contributed by atoms with Crippen LogP contribution in [-0.4, -0.2) is 41.8 Å². The van der Waals surface area contributed by atoms with Gasteiger partial charge in [0.05, 0.1) is 13.2 Å². The van der Waals surface area contributed by atoms with Crippen LogP contribution in [0.2, 0.25) is 0 Å². The van der Waals surface area contributed by atoms with Crippen LogP contribution in [0.15, 0.2) is 52.7 Å². The highest BCUT2D eigenvalue weighted by atomic mass is 16.3. The topological polar surface area (TPSA) is 77.0 Å². The summed E-state index contributed by atoms with van der Waals surface area (Å²) >= 11 is 0. The summed E-state index contributed by atoms with van der Waals surface area (Å²) in [7, 11) is 0. The molecule has 1 unspecified atom stereocenters. The third-order valence-corrected chi connectivity index (χ3v) is 3.74. The number of allylic oxidation sites excluding steroid dienone is 1. The number of rotatable bonds is 5. The Kier molecular flexibility index (Phi) is 7.98. The number of hydrogen-bond acceptors (Lipinski definition) is 6. The van der Waals surface area contributed by atoms with E-state index in [1.807, 2.05) is 31.5 Å². The SMILES string of the molecule is C=NN(/C=C(\C)C(C)C)C1=CNCC1=O.CC1C=CC(CO)=CN1. The standard InChI is InChI=1S/C11H17N3O.C7H11NO/c1-8(2)9(3)7-14(12-4)10-5-13-6-11(10)15;1-6-2-3-7(5-9)4-8-6/h5,7-8,13H,4,6H2,1-3H3;2-4,6,8-9H,5H2,1H3/b9-7+;. The van der Waals surface area contributed by atoms with E-state index >= 15 is 0 Å². The molecule has 132 valence electrons. The molecular formula is C18H28N4O2. The molecule has 0 radical (unpaired) electrons. The second kappa shape index (κ2) is 9.72. The summed E-state index contributed by atoms with van der Waals surface area (Å²) in [5.74, 6) is 0.467. The van der Waals surface area contributed by atoms with E-state index in [4.69, 9.17) is 5.11 Å². The number of nitrogens with zero attached hydrogens (tertiary/aromatic N) is 2. The van der Waals surface area contributed by atoms with Gasteiger partial charge in [-0.2, -0.15) is 5.10 Å². The number of aliphatic hydroxyl groups excluding tert-OH is 1. The van der Waals surface area contributed by atoms with Crippen LogP contribution in [0.1, 0.15) is 27.7 Å². The van der Waals surface area contributed by atoms with Crippen molar-refractivity contribution < 1.29 is 9.90 Å². The number of ketones is 1. The highest BCUT2D eigenvalue weighted by Crippen LogP contribution is 2.15. The van der Waals surface area contributed by atoms with Crippen LogP contribution < -0.4 is 10.6 Å². The van der Waals surface area contributed by atoms with Crippen molar-refractivity contribution in [3.05, 3.63) is 47.6 Å². The first kappa shape index (κ1) is 19.7. The summed E-state index contributed by atoms with van der Waals surface area (Å²) in [6.07, 6.45) is 9.30. The van der Waals surface area contributed by atoms with E-state index in [1.165, 1.54) is 5.01 Å². The minimum absolute atomic E-state index is 0.0372. The monoisotopic (exact) mass is 332 g/mol. The molecule has 0 aromatic rings. The van der Waals surface area contributed by atoms with E-state index in [9.17, 15) is 4.79 Å². The molecule has 0 saturated carbocycles. The van der Waals surface area contributed by atoms with Gasteiger partial charge < -0.3 is 15.7 Å². The average molecular weight is 332 g/mol. The molecule has 2 rings (SSSR count).